The van der Waals surface area contributed by atoms with Crippen molar-refractivity contribution in [2.45, 2.75) is 0 Å². The molecule has 0 bridgehead atoms. The fourth-order valence-electron chi connectivity index (χ4n) is 0.578. The second-order valence-corrected chi connectivity index (χ2v) is 2.36. The Kier molecular flexibility index (Phi) is 3.01. The molecule has 0 saturated carbocycles. The lowest BCUT2D eigenvalue weighted by molar-refractivity contribution is 0.910. The lowest BCUT2D eigenvalue weighted by Crippen LogP contribution is -1.76. The van der Waals surface area contributed by atoms with E-state index in [4.69, 9.17) is 0 Å². The summed E-state index contributed by atoms with van der Waals surface area (Å²) in [4.78, 5) is 3.78. The Balaban J connectivity index is 0.000000120. The van der Waals surface area contributed by atoms with Crippen LogP contribution in [0.4, 0.5) is 0 Å². The highest BCUT2D eigenvalue weighted by molar-refractivity contribution is 4.70. The van der Waals surface area contributed by atoms with Crippen LogP contribution in [0.5, 0.6) is 0 Å². The molecule has 0 fully saturated rings. The fraction of sp³-hybridized carbons (Fsp3) is 0.286. The van der Waals surface area contributed by atoms with E-state index in [-0.39, 0.29) is 0 Å². The van der Waals surface area contributed by atoms with Gasteiger partial charge in [0.15, 0.2) is 0 Å². The second-order valence-electron chi connectivity index (χ2n) is 2.36. The standard InChI is InChI=1S/C4H6N2.C3H5N3/c1-6-3-2-5-4-6;1-6-2-4-5-3-6/h2-4H,1H3;2-3H,1H3. The van der Waals surface area contributed by atoms with Crippen molar-refractivity contribution in [1.82, 2.24) is 24.3 Å². The number of hydrogen-bond acceptors (Lipinski definition) is 3. The summed E-state index contributed by atoms with van der Waals surface area (Å²) in [6.07, 6.45) is 8.67. The molecule has 0 radical (unpaired) electrons. The highest BCUT2D eigenvalue weighted by atomic mass is 15.2. The minimum absolute atomic E-state index is 1.64. The molecule has 5 nitrogen and oxygen atoms in total. The maximum atomic E-state index is 3.78. The minimum Gasteiger partial charge on any atom is -0.341 e. The minimum atomic E-state index is 1.64. The number of imidazole rings is 1. The van der Waals surface area contributed by atoms with Gasteiger partial charge >= 0.3 is 0 Å². The van der Waals surface area contributed by atoms with Crippen molar-refractivity contribution in [3.05, 3.63) is 31.4 Å². The van der Waals surface area contributed by atoms with Gasteiger partial charge in [0.05, 0.1) is 6.33 Å². The first-order chi connectivity index (χ1) is 5.79. The summed E-state index contributed by atoms with van der Waals surface area (Å²) in [7, 11) is 3.81. The maximum Gasteiger partial charge on any atom is 0.119 e. The normalized spacial score (nSPS) is 8.83. The summed E-state index contributed by atoms with van der Waals surface area (Å²) in [6.45, 7) is 0. The summed E-state index contributed by atoms with van der Waals surface area (Å²) < 4.78 is 3.67. The number of rotatable bonds is 0. The zero-order valence-corrected chi connectivity index (χ0v) is 7.12. The van der Waals surface area contributed by atoms with E-state index in [1.54, 1.807) is 29.7 Å². The molecule has 0 N–H and O–H groups in total. The third kappa shape index (κ3) is 2.96. The molecule has 5 heteroatoms. The van der Waals surface area contributed by atoms with E-state index in [1.165, 1.54) is 0 Å². The Morgan fingerprint density at radius 3 is 1.75 bits per heavy atom. The Morgan fingerprint density at radius 1 is 0.917 bits per heavy atom. The molecule has 64 valence electrons. The van der Waals surface area contributed by atoms with Crippen LogP contribution in [0.3, 0.4) is 0 Å². The fourth-order valence-corrected chi connectivity index (χ4v) is 0.578. The topological polar surface area (TPSA) is 48.5 Å². The van der Waals surface area contributed by atoms with Gasteiger partial charge in [0.2, 0.25) is 0 Å². The number of hydrogen-bond donors (Lipinski definition) is 0. The van der Waals surface area contributed by atoms with E-state index in [0.717, 1.165) is 0 Å². The summed E-state index contributed by atoms with van der Waals surface area (Å²) in [5, 5.41) is 7.07. The molecule has 2 rings (SSSR count). The number of aryl methyl sites for hydroxylation is 2. The van der Waals surface area contributed by atoms with Crippen LogP contribution in [-0.2, 0) is 14.1 Å². The predicted molar refractivity (Wildman–Crippen MR) is 44.2 cm³/mol. The molecule has 0 aromatic carbocycles. The smallest absolute Gasteiger partial charge is 0.119 e. The van der Waals surface area contributed by atoms with Crippen LogP contribution in [0, 0.1) is 0 Å². The Morgan fingerprint density at radius 2 is 1.58 bits per heavy atom. The molecule has 2 aromatic heterocycles. The van der Waals surface area contributed by atoms with Gasteiger partial charge < -0.3 is 9.13 Å². The first-order valence-corrected chi connectivity index (χ1v) is 3.49. The Labute approximate surface area is 70.7 Å². The first-order valence-electron chi connectivity index (χ1n) is 3.49. The third-order valence-corrected chi connectivity index (χ3v) is 1.17. The van der Waals surface area contributed by atoms with Crippen molar-refractivity contribution in [2.24, 2.45) is 14.1 Å². The maximum absolute atomic E-state index is 3.78. The quantitative estimate of drug-likeness (QED) is 0.561. The molecule has 0 atom stereocenters. The summed E-state index contributed by atoms with van der Waals surface area (Å²) in [5.74, 6) is 0. The zero-order chi connectivity index (χ0) is 8.81. The van der Waals surface area contributed by atoms with Crippen molar-refractivity contribution < 1.29 is 0 Å². The van der Waals surface area contributed by atoms with Crippen molar-refractivity contribution in [3.8, 4) is 0 Å². The Hall–Kier alpha value is -1.65. The van der Waals surface area contributed by atoms with E-state index in [0.29, 0.717) is 0 Å². The second kappa shape index (κ2) is 4.27. The molecule has 0 aliphatic rings. The Bertz CT molecular complexity index is 251. The highest BCUT2D eigenvalue weighted by Crippen LogP contribution is 1.73. The molecule has 0 saturated heterocycles. The van der Waals surface area contributed by atoms with Crippen LogP contribution < -0.4 is 0 Å². The van der Waals surface area contributed by atoms with Crippen LogP contribution >= 0.6 is 0 Å². The van der Waals surface area contributed by atoms with Crippen LogP contribution in [-0.4, -0.2) is 24.3 Å². The van der Waals surface area contributed by atoms with Crippen LogP contribution in [0.25, 0.3) is 0 Å². The van der Waals surface area contributed by atoms with Gasteiger partial charge in [0.25, 0.3) is 0 Å². The number of nitrogens with zero attached hydrogens (tertiary/aromatic N) is 5. The van der Waals surface area contributed by atoms with Crippen LogP contribution in [0.15, 0.2) is 31.4 Å². The van der Waals surface area contributed by atoms with E-state index < -0.39 is 0 Å². The van der Waals surface area contributed by atoms with Crippen molar-refractivity contribution >= 4 is 0 Å². The largest absolute Gasteiger partial charge is 0.341 e. The van der Waals surface area contributed by atoms with Crippen molar-refractivity contribution in [3.63, 3.8) is 0 Å². The monoisotopic (exact) mass is 165 g/mol. The molecule has 2 heterocycles. The van der Waals surface area contributed by atoms with Gasteiger partial charge in [-0.05, 0) is 0 Å². The van der Waals surface area contributed by atoms with Gasteiger partial charge in [-0.25, -0.2) is 4.98 Å². The van der Waals surface area contributed by atoms with Gasteiger partial charge in [-0.2, -0.15) is 0 Å². The average Bonchev–Trinajstić information content (AvgIpc) is 2.63. The molecular weight excluding hydrogens is 154 g/mol. The predicted octanol–water partition coefficient (Wildman–Crippen LogP) is 0.235. The lowest BCUT2D eigenvalue weighted by Gasteiger charge is -1.76. The molecule has 0 amide bonds. The van der Waals surface area contributed by atoms with Gasteiger partial charge in [-0.3, -0.25) is 0 Å². The average molecular weight is 165 g/mol. The van der Waals surface area contributed by atoms with Crippen molar-refractivity contribution in [2.75, 3.05) is 0 Å². The summed E-state index contributed by atoms with van der Waals surface area (Å²) >= 11 is 0. The van der Waals surface area contributed by atoms with Crippen LogP contribution in [0.2, 0.25) is 0 Å². The lowest BCUT2D eigenvalue weighted by atomic mass is 10.9. The first kappa shape index (κ1) is 8.45. The van der Waals surface area contributed by atoms with Gasteiger partial charge in [0.1, 0.15) is 12.7 Å². The third-order valence-electron chi connectivity index (χ3n) is 1.17. The van der Waals surface area contributed by atoms with Crippen molar-refractivity contribution in [1.29, 1.82) is 0 Å². The molecule has 0 aliphatic carbocycles. The van der Waals surface area contributed by atoms with Crippen LogP contribution in [0.1, 0.15) is 0 Å². The molecular formula is C7H11N5. The van der Waals surface area contributed by atoms with Gasteiger partial charge in [-0.15, -0.1) is 10.2 Å². The number of aromatic nitrogens is 5. The summed E-state index contributed by atoms with van der Waals surface area (Å²) in [5.41, 5.74) is 0. The van der Waals surface area contributed by atoms with E-state index in [2.05, 4.69) is 15.2 Å². The van der Waals surface area contributed by atoms with E-state index in [1.807, 2.05) is 24.9 Å². The molecule has 0 unspecified atom stereocenters. The molecule has 2 aromatic rings. The van der Waals surface area contributed by atoms with Gasteiger partial charge in [0, 0.05) is 26.5 Å². The highest BCUT2D eigenvalue weighted by Gasteiger charge is 1.71. The molecule has 12 heavy (non-hydrogen) atoms. The SMILES string of the molecule is Cn1ccnc1.Cn1cnnc1. The van der Waals surface area contributed by atoms with E-state index in [9.17, 15) is 0 Å². The zero-order valence-electron chi connectivity index (χ0n) is 7.12. The molecule has 0 aliphatic heterocycles. The molecule has 0 spiro atoms. The van der Waals surface area contributed by atoms with Gasteiger partial charge in [-0.1, -0.05) is 0 Å². The van der Waals surface area contributed by atoms with E-state index >= 15 is 0 Å². The summed E-state index contributed by atoms with van der Waals surface area (Å²) in [6, 6.07) is 0.